The monoisotopic (exact) mass is 193 g/mol. The second-order valence-corrected chi connectivity index (χ2v) is 3.76. The molecule has 3 N–H and O–H groups in total. The van der Waals surface area contributed by atoms with Crippen LogP contribution in [0.2, 0.25) is 0 Å². The third-order valence-electron chi connectivity index (χ3n) is 2.92. The van der Waals surface area contributed by atoms with Crippen molar-refractivity contribution in [2.24, 2.45) is 0 Å². The Labute approximate surface area is 83.4 Å². The highest BCUT2D eigenvalue weighted by atomic mass is 16.3. The summed E-state index contributed by atoms with van der Waals surface area (Å²) in [4.78, 5) is 0. The summed E-state index contributed by atoms with van der Waals surface area (Å²) in [5.41, 5.74) is 2.00. The number of phenols is 1. The molecule has 3 nitrogen and oxygen atoms in total. The first-order valence-corrected chi connectivity index (χ1v) is 4.89. The van der Waals surface area contributed by atoms with Crippen molar-refractivity contribution >= 4 is 0 Å². The highest BCUT2D eigenvalue weighted by Crippen LogP contribution is 2.31. The molecule has 2 atom stereocenters. The number of aliphatic hydroxyl groups excluding tert-OH is 1. The molecule has 2 rings (SSSR count). The summed E-state index contributed by atoms with van der Waals surface area (Å²) in [7, 11) is 1.86. The normalized spacial score (nSPS) is 25.9. The molecule has 14 heavy (non-hydrogen) atoms. The molecule has 0 saturated carbocycles. The van der Waals surface area contributed by atoms with Crippen LogP contribution < -0.4 is 5.32 Å². The number of aromatic hydroxyl groups is 1. The number of phenolic OH excluding ortho intramolecular Hbond substituents is 1. The van der Waals surface area contributed by atoms with Gasteiger partial charge in [-0.1, -0.05) is 6.07 Å². The Morgan fingerprint density at radius 1 is 1.43 bits per heavy atom. The van der Waals surface area contributed by atoms with Crippen LogP contribution in [0.25, 0.3) is 0 Å². The fourth-order valence-electron chi connectivity index (χ4n) is 2.09. The summed E-state index contributed by atoms with van der Waals surface area (Å²) in [6, 6.07) is 5.30. The van der Waals surface area contributed by atoms with Gasteiger partial charge in [0.25, 0.3) is 0 Å². The zero-order valence-electron chi connectivity index (χ0n) is 8.20. The maximum Gasteiger partial charge on any atom is 0.115 e. The largest absolute Gasteiger partial charge is 0.508 e. The second-order valence-electron chi connectivity index (χ2n) is 3.76. The average molecular weight is 193 g/mol. The number of nitrogens with one attached hydrogen (secondary N) is 1. The zero-order valence-corrected chi connectivity index (χ0v) is 8.20. The summed E-state index contributed by atoms with van der Waals surface area (Å²) in [5.74, 6) is 0.277. The van der Waals surface area contributed by atoms with Gasteiger partial charge in [-0.15, -0.1) is 0 Å². The minimum Gasteiger partial charge on any atom is -0.508 e. The Morgan fingerprint density at radius 2 is 2.21 bits per heavy atom. The summed E-state index contributed by atoms with van der Waals surface area (Å²) < 4.78 is 0. The van der Waals surface area contributed by atoms with Crippen molar-refractivity contribution in [1.82, 2.24) is 5.32 Å². The number of rotatable bonds is 1. The fraction of sp³-hybridized carbons (Fsp3) is 0.455. The summed E-state index contributed by atoms with van der Waals surface area (Å²) in [6.07, 6.45) is 1.37. The molecule has 0 heterocycles. The fourth-order valence-corrected chi connectivity index (χ4v) is 2.09. The maximum absolute atomic E-state index is 9.97. The van der Waals surface area contributed by atoms with Crippen LogP contribution in [-0.2, 0) is 6.42 Å². The van der Waals surface area contributed by atoms with Gasteiger partial charge in [0.1, 0.15) is 5.75 Å². The smallest absolute Gasteiger partial charge is 0.115 e. The predicted molar refractivity (Wildman–Crippen MR) is 54.2 cm³/mol. The summed E-state index contributed by atoms with van der Waals surface area (Å²) in [5, 5.41) is 22.4. The van der Waals surface area contributed by atoms with Gasteiger partial charge in [0.05, 0.1) is 6.10 Å². The van der Waals surface area contributed by atoms with Gasteiger partial charge < -0.3 is 15.5 Å². The highest BCUT2D eigenvalue weighted by Gasteiger charge is 2.26. The lowest BCUT2D eigenvalue weighted by atomic mass is 9.86. The van der Waals surface area contributed by atoms with E-state index in [1.165, 1.54) is 0 Å². The average Bonchev–Trinajstić information content (AvgIpc) is 2.18. The quantitative estimate of drug-likeness (QED) is 0.622. The number of aliphatic hydroxyl groups is 1. The maximum atomic E-state index is 9.97. The molecule has 2 unspecified atom stereocenters. The van der Waals surface area contributed by atoms with Crippen LogP contribution in [0.1, 0.15) is 23.7 Å². The van der Waals surface area contributed by atoms with Crippen molar-refractivity contribution in [2.75, 3.05) is 7.05 Å². The minimum absolute atomic E-state index is 0.132. The number of aryl methyl sites for hydroxylation is 1. The van der Waals surface area contributed by atoms with Crippen molar-refractivity contribution in [2.45, 2.75) is 25.0 Å². The first-order chi connectivity index (χ1) is 6.72. The van der Waals surface area contributed by atoms with Crippen LogP contribution in [0.15, 0.2) is 18.2 Å². The minimum atomic E-state index is -0.454. The van der Waals surface area contributed by atoms with E-state index in [4.69, 9.17) is 0 Å². The number of benzene rings is 1. The third kappa shape index (κ3) is 1.49. The molecular weight excluding hydrogens is 178 g/mol. The molecule has 0 spiro atoms. The lowest BCUT2D eigenvalue weighted by molar-refractivity contribution is 0.119. The van der Waals surface area contributed by atoms with Gasteiger partial charge in [-0.3, -0.25) is 0 Å². The third-order valence-corrected chi connectivity index (χ3v) is 2.92. The molecule has 0 bridgehead atoms. The molecule has 0 amide bonds. The van der Waals surface area contributed by atoms with Crippen LogP contribution in [0.3, 0.4) is 0 Å². The second kappa shape index (κ2) is 3.59. The topological polar surface area (TPSA) is 52.5 Å². The predicted octanol–water partition coefficient (Wildman–Crippen LogP) is 0.960. The van der Waals surface area contributed by atoms with E-state index in [2.05, 4.69) is 5.32 Å². The molecule has 1 aliphatic carbocycles. The number of likely N-dealkylation sites (N-methyl/N-ethyl adjacent to an activating group) is 1. The molecule has 1 aliphatic rings. The lowest BCUT2D eigenvalue weighted by Crippen LogP contribution is -2.35. The van der Waals surface area contributed by atoms with Gasteiger partial charge in [0, 0.05) is 6.04 Å². The number of hydrogen-bond acceptors (Lipinski definition) is 3. The van der Waals surface area contributed by atoms with E-state index in [-0.39, 0.29) is 11.8 Å². The molecule has 0 radical (unpaired) electrons. The van der Waals surface area contributed by atoms with E-state index in [9.17, 15) is 10.2 Å². The molecule has 3 heteroatoms. The van der Waals surface area contributed by atoms with Gasteiger partial charge in [-0.2, -0.15) is 0 Å². The first kappa shape index (κ1) is 9.49. The van der Waals surface area contributed by atoms with Crippen molar-refractivity contribution in [3.05, 3.63) is 29.3 Å². The Balaban J connectivity index is 2.36. The Morgan fingerprint density at radius 3 is 2.93 bits per heavy atom. The zero-order chi connectivity index (χ0) is 10.1. The van der Waals surface area contributed by atoms with Crippen LogP contribution in [0.5, 0.6) is 5.75 Å². The van der Waals surface area contributed by atoms with Crippen LogP contribution in [-0.4, -0.2) is 23.3 Å². The summed E-state index contributed by atoms with van der Waals surface area (Å²) >= 11 is 0. The molecule has 76 valence electrons. The lowest BCUT2D eigenvalue weighted by Gasteiger charge is -2.29. The standard InChI is InChI=1S/C11H15NO2/c1-12-10-5-2-7-6-8(13)3-4-9(7)11(10)14/h3-4,6,10-14H,2,5H2,1H3. The van der Waals surface area contributed by atoms with Crippen molar-refractivity contribution in [3.63, 3.8) is 0 Å². The van der Waals surface area contributed by atoms with Gasteiger partial charge in [0.2, 0.25) is 0 Å². The van der Waals surface area contributed by atoms with E-state index in [0.29, 0.717) is 0 Å². The van der Waals surface area contributed by atoms with E-state index in [1.807, 2.05) is 7.05 Å². The molecule has 1 aromatic rings. The number of fused-ring (bicyclic) bond motifs is 1. The summed E-state index contributed by atoms with van der Waals surface area (Å²) in [6.45, 7) is 0. The van der Waals surface area contributed by atoms with Crippen LogP contribution in [0, 0.1) is 0 Å². The van der Waals surface area contributed by atoms with Crippen molar-refractivity contribution in [1.29, 1.82) is 0 Å². The Bertz CT molecular complexity index is 338. The first-order valence-electron chi connectivity index (χ1n) is 4.89. The van der Waals surface area contributed by atoms with Crippen LogP contribution >= 0.6 is 0 Å². The molecule has 0 aromatic heterocycles. The van der Waals surface area contributed by atoms with Gasteiger partial charge >= 0.3 is 0 Å². The van der Waals surface area contributed by atoms with Crippen molar-refractivity contribution in [3.8, 4) is 5.75 Å². The molecular formula is C11H15NO2. The SMILES string of the molecule is CNC1CCc2cc(O)ccc2C1O. The Hall–Kier alpha value is -1.06. The van der Waals surface area contributed by atoms with E-state index in [0.717, 1.165) is 24.0 Å². The van der Waals surface area contributed by atoms with Gasteiger partial charge in [-0.25, -0.2) is 0 Å². The van der Waals surface area contributed by atoms with E-state index in [1.54, 1.807) is 18.2 Å². The molecule has 0 fully saturated rings. The van der Waals surface area contributed by atoms with Crippen molar-refractivity contribution < 1.29 is 10.2 Å². The van der Waals surface area contributed by atoms with Crippen LogP contribution in [0.4, 0.5) is 0 Å². The molecule has 0 aliphatic heterocycles. The van der Waals surface area contributed by atoms with Gasteiger partial charge in [0.15, 0.2) is 0 Å². The van der Waals surface area contributed by atoms with Gasteiger partial charge in [-0.05, 0) is 43.1 Å². The number of hydrogen-bond donors (Lipinski definition) is 3. The molecule has 1 aromatic carbocycles. The molecule has 0 saturated heterocycles. The Kier molecular flexibility index (Phi) is 2.44. The highest BCUT2D eigenvalue weighted by molar-refractivity contribution is 5.38. The van der Waals surface area contributed by atoms with E-state index >= 15 is 0 Å². The van der Waals surface area contributed by atoms with E-state index < -0.39 is 6.10 Å².